The van der Waals surface area contributed by atoms with Crippen molar-refractivity contribution < 1.29 is 37.4 Å². The van der Waals surface area contributed by atoms with Gasteiger partial charge in [-0.15, -0.1) is 0 Å². The van der Waals surface area contributed by atoms with Crippen molar-refractivity contribution in [3.05, 3.63) is 29.8 Å². The number of aliphatic hydroxyl groups is 3. The molecule has 2 rings (SSSR count). The van der Waals surface area contributed by atoms with Crippen LogP contribution in [0.15, 0.2) is 29.2 Å². The average molecular weight is 348 g/mol. The summed E-state index contributed by atoms with van der Waals surface area (Å²) in [6.07, 6.45) is -6.85. The number of hydrogen-bond acceptors (Lipinski definition) is 8. The molecular formula is C14H20O8S. The highest BCUT2D eigenvalue weighted by molar-refractivity contribution is 7.86. The van der Waals surface area contributed by atoms with Crippen molar-refractivity contribution in [1.29, 1.82) is 0 Å². The third-order valence-electron chi connectivity index (χ3n) is 3.60. The van der Waals surface area contributed by atoms with Crippen molar-refractivity contribution in [2.24, 2.45) is 0 Å². The third-order valence-corrected chi connectivity index (χ3v) is 4.89. The zero-order valence-corrected chi connectivity index (χ0v) is 13.5. The minimum absolute atomic E-state index is 0.0303. The molecule has 1 fully saturated rings. The second kappa shape index (κ2) is 7.22. The van der Waals surface area contributed by atoms with E-state index in [-0.39, 0.29) is 4.90 Å². The molecule has 9 heteroatoms. The van der Waals surface area contributed by atoms with Gasteiger partial charge in [-0.25, -0.2) is 0 Å². The second-order valence-corrected chi connectivity index (χ2v) is 6.92. The van der Waals surface area contributed by atoms with E-state index in [1.807, 2.05) is 6.92 Å². The first-order chi connectivity index (χ1) is 10.8. The summed E-state index contributed by atoms with van der Waals surface area (Å²) in [5, 5.41) is 29.2. The summed E-state index contributed by atoms with van der Waals surface area (Å²) in [7, 11) is -2.78. The smallest absolute Gasteiger partial charge is 0.297 e. The van der Waals surface area contributed by atoms with Crippen LogP contribution in [0, 0.1) is 6.92 Å². The molecule has 1 aromatic rings. The minimum Gasteiger partial charge on any atom is -0.387 e. The number of rotatable bonds is 5. The van der Waals surface area contributed by atoms with E-state index in [9.17, 15) is 23.7 Å². The maximum atomic E-state index is 12.1. The summed E-state index contributed by atoms with van der Waals surface area (Å²) in [5.74, 6) is 0. The molecular weight excluding hydrogens is 328 g/mol. The van der Waals surface area contributed by atoms with E-state index < -0.39 is 47.4 Å². The van der Waals surface area contributed by atoms with Gasteiger partial charge in [-0.3, -0.25) is 4.18 Å². The van der Waals surface area contributed by atoms with Crippen LogP contribution >= 0.6 is 0 Å². The molecule has 5 atom stereocenters. The number of benzene rings is 1. The zero-order chi connectivity index (χ0) is 17.2. The molecule has 0 aromatic heterocycles. The van der Waals surface area contributed by atoms with Gasteiger partial charge in [0, 0.05) is 7.11 Å². The molecule has 23 heavy (non-hydrogen) atoms. The SMILES string of the molecule is COC1O[C@H](COS(=O)(=O)c2ccc(C)cc2)[C@@H](O)[C@H](O)[C@H]1O. The van der Waals surface area contributed by atoms with Gasteiger partial charge in [0.15, 0.2) is 6.29 Å². The summed E-state index contributed by atoms with van der Waals surface area (Å²) in [6.45, 7) is 1.29. The minimum atomic E-state index is -4.03. The number of aryl methyl sites for hydroxylation is 1. The van der Waals surface area contributed by atoms with E-state index in [0.29, 0.717) is 0 Å². The molecule has 130 valence electrons. The molecule has 0 radical (unpaired) electrons. The van der Waals surface area contributed by atoms with E-state index in [0.717, 1.165) is 5.56 Å². The van der Waals surface area contributed by atoms with Gasteiger partial charge in [-0.05, 0) is 19.1 Å². The molecule has 0 saturated carbocycles. The Labute approximate surface area is 134 Å². The lowest BCUT2D eigenvalue weighted by molar-refractivity contribution is -0.293. The van der Waals surface area contributed by atoms with E-state index in [4.69, 9.17) is 13.7 Å². The van der Waals surface area contributed by atoms with Crippen LogP contribution < -0.4 is 0 Å². The Morgan fingerprint density at radius 3 is 2.26 bits per heavy atom. The topological polar surface area (TPSA) is 123 Å². The monoisotopic (exact) mass is 348 g/mol. The Morgan fingerprint density at radius 2 is 1.70 bits per heavy atom. The van der Waals surface area contributed by atoms with Crippen LogP contribution in [0.2, 0.25) is 0 Å². The van der Waals surface area contributed by atoms with Crippen LogP contribution in [-0.2, 0) is 23.8 Å². The van der Waals surface area contributed by atoms with Crippen LogP contribution in [-0.4, -0.2) is 68.2 Å². The van der Waals surface area contributed by atoms with E-state index in [1.54, 1.807) is 12.1 Å². The maximum Gasteiger partial charge on any atom is 0.297 e. The lowest BCUT2D eigenvalue weighted by atomic mass is 9.99. The Balaban J connectivity index is 2.05. The van der Waals surface area contributed by atoms with Gasteiger partial charge in [0.05, 0.1) is 11.5 Å². The molecule has 1 saturated heterocycles. The Kier molecular flexibility index (Phi) is 5.74. The van der Waals surface area contributed by atoms with Crippen molar-refractivity contribution in [1.82, 2.24) is 0 Å². The van der Waals surface area contributed by atoms with Crippen molar-refractivity contribution >= 4 is 10.1 Å². The molecule has 1 aliphatic heterocycles. The lowest BCUT2D eigenvalue weighted by Gasteiger charge is -2.39. The fraction of sp³-hybridized carbons (Fsp3) is 0.571. The fourth-order valence-corrected chi connectivity index (χ4v) is 3.10. The van der Waals surface area contributed by atoms with E-state index in [2.05, 4.69) is 0 Å². The molecule has 8 nitrogen and oxygen atoms in total. The molecule has 1 aromatic carbocycles. The van der Waals surface area contributed by atoms with Gasteiger partial charge in [-0.2, -0.15) is 8.42 Å². The summed E-state index contributed by atoms with van der Waals surface area (Å²) in [4.78, 5) is -0.0303. The normalized spacial score (nSPS) is 32.0. The van der Waals surface area contributed by atoms with Crippen LogP contribution in [0.1, 0.15) is 5.56 Å². The maximum absolute atomic E-state index is 12.1. The summed E-state index contributed by atoms with van der Waals surface area (Å²) in [6, 6.07) is 6.06. The predicted molar refractivity (Wildman–Crippen MR) is 78.0 cm³/mol. The standard InChI is InChI=1S/C14H20O8S/c1-8-3-5-9(6-4-8)23(18,19)21-7-10-11(15)12(16)13(17)14(20-2)22-10/h3-6,10-17H,7H2,1-2H3/t10-,11-,12+,13-,14?/m1/s1. The van der Waals surface area contributed by atoms with Crippen molar-refractivity contribution in [2.75, 3.05) is 13.7 Å². The molecule has 1 aliphatic rings. The molecule has 0 spiro atoms. The fourth-order valence-electron chi connectivity index (χ4n) is 2.18. The first kappa shape index (κ1) is 18.3. The van der Waals surface area contributed by atoms with Crippen LogP contribution in [0.25, 0.3) is 0 Å². The van der Waals surface area contributed by atoms with Crippen LogP contribution in [0.3, 0.4) is 0 Å². The zero-order valence-electron chi connectivity index (χ0n) is 12.7. The molecule has 0 aliphatic carbocycles. The van der Waals surface area contributed by atoms with Crippen molar-refractivity contribution in [3.63, 3.8) is 0 Å². The summed E-state index contributed by atoms with van der Waals surface area (Å²) < 4.78 is 39.1. The largest absolute Gasteiger partial charge is 0.387 e. The number of aliphatic hydroxyl groups excluding tert-OH is 3. The predicted octanol–water partition coefficient (Wildman–Crippen LogP) is -0.846. The molecule has 0 amide bonds. The van der Waals surface area contributed by atoms with Gasteiger partial charge in [0.1, 0.15) is 24.4 Å². The Morgan fingerprint density at radius 1 is 1.09 bits per heavy atom. The first-order valence-electron chi connectivity index (χ1n) is 6.95. The van der Waals surface area contributed by atoms with Crippen LogP contribution in [0.5, 0.6) is 0 Å². The summed E-state index contributed by atoms with van der Waals surface area (Å²) in [5.41, 5.74) is 0.898. The van der Waals surface area contributed by atoms with Gasteiger partial charge in [-0.1, -0.05) is 17.7 Å². The van der Waals surface area contributed by atoms with Gasteiger partial charge in [0.2, 0.25) is 0 Å². The summed E-state index contributed by atoms with van der Waals surface area (Å²) >= 11 is 0. The van der Waals surface area contributed by atoms with E-state index >= 15 is 0 Å². The van der Waals surface area contributed by atoms with Gasteiger partial charge in [0.25, 0.3) is 10.1 Å². The Bertz CT molecular complexity index is 612. The first-order valence-corrected chi connectivity index (χ1v) is 8.35. The van der Waals surface area contributed by atoms with Gasteiger partial charge < -0.3 is 24.8 Å². The highest BCUT2D eigenvalue weighted by atomic mass is 32.2. The lowest BCUT2D eigenvalue weighted by Crippen LogP contribution is -2.59. The number of hydrogen-bond donors (Lipinski definition) is 3. The Hall–Kier alpha value is -1.07. The quantitative estimate of drug-likeness (QED) is 0.589. The van der Waals surface area contributed by atoms with Crippen molar-refractivity contribution in [2.45, 2.75) is 42.5 Å². The average Bonchev–Trinajstić information content (AvgIpc) is 2.52. The highest BCUT2D eigenvalue weighted by Crippen LogP contribution is 2.23. The third kappa shape index (κ3) is 4.07. The van der Waals surface area contributed by atoms with Crippen molar-refractivity contribution in [3.8, 4) is 0 Å². The van der Waals surface area contributed by atoms with Gasteiger partial charge >= 0.3 is 0 Å². The second-order valence-electron chi connectivity index (χ2n) is 5.30. The molecule has 3 N–H and O–H groups in total. The highest BCUT2D eigenvalue weighted by Gasteiger charge is 2.44. The number of ether oxygens (including phenoxy) is 2. The van der Waals surface area contributed by atoms with Crippen LogP contribution in [0.4, 0.5) is 0 Å². The molecule has 1 heterocycles. The van der Waals surface area contributed by atoms with E-state index in [1.165, 1.54) is 19.2 Å². The number of methoxy groups -OCH3 is 1. The molecule has 0 bridgehead atoms. The molecule has 1 unspecified atom stereocenters.